The van der Waals surface area contributed by atoms with E-state index < -0.39 is 0 Å². The Morgan fingerprint density at radius 3 is 2.67 bits per heavy atom. The maximum absolute atomic E-state index is 10.9. The van der Waals surface area contributed by atoms with Crippen molar-refractivity contribution >= 4 is 5.78 Å². The molecule has 0 aliphatic heterocycles. The van der Waals surface area contributed by atoms with E-state index in [1.54, 1.807) is 13.0 Å². The van der Waals surface area contributed by atoms with E-state index in [0.717, 1.165) is 12.8 Å². The van der Waals surface area contributed by atoms with Crippen molar-refractivity contribution in [3.63, 3.8) is 0 Å². The van der Waals surface area contributed by atoms with Crippen LogP contribution >= 0.6 is 0 Å². The maximum atomic E-state index is 10.9. The molecule has 1 nitrogen and oxygen atoms in total. The molecule has 84 valence electrons. The number of hydrogen-bond donors (Lipinski definition) is 0. The molecule has 1 aliphatic carbocycles. The van der Waals surface area contributed by atoms with Gasteiger partial charge in [0.15, 0.2) is 5.78 Å². The van der Waals surface area contributed by atoms with Crippen molar-refractivity contribution in [1.29, 1.82) is 0 Å². The van der Waals surface area contributed by atoms with Gasteiger partial charge >= 0.3 is 0 Å². The van der Waals surface area contributed by atoms with Gasteiger partial charge in [-0.15, -0.1) is 0 Å². The predicted molar refractivity (Wildman–Crippen MR) is 64.6 cm³/mol. The molecular weight excluding hydrogens is 184 g/mol. The van der Waals surface area contributed by atoms with Crippen LogP contribution in [0.5, 0.6) is 0 Å². The fourth-order valence-corrected chi connectivity index (χ4v) is 2.19. The molecule has 2 atom stereocenters. The van der Waals surface area contributed by atoms with Crippen molar-refractivity contribution in [3.8, 4) is 0 Å². The quantitative estimate of drug-likeness (QED) is 0.496. The number of hydrogen-bond acceptors (Lipinski definition) is 1. The molecular formula is C14H22O. The van der Waals surface area contributed by atoms with Crippen molar-refractivity contribution in [2.45, 2.75) is 40.5 Å². The number of ketones is 1. The topological polar surface area (TPSA) is 17.1 Å². The normalized spacial score (nSPS) is 30.8. The molecule has 0 aromatic heterocycles. The predicted octanol–water partition coefficient (Wildman–Crippen LogP) is 3.76. The average Bonchev–Trinajstić information content (AvgIpc) is 2.09. The van der Waals surface area contributed by atoms with E-state index in [4.69, 9.17) is 0 Å². The third-order valence-electron chi connectivity index (χ3n) is 3.74. The zero-order valence-corrected chi connectivity index (χ0v) is 10.3. The van der Waals surface area contributed by atoms with Gasteiger partial charge in [-0.1, -0.05) is 39.0 Å². The summed E-state index contributed by atoms with van der Waals surface area (Å²) in [6.45, 7) is 12.6. The van der Waals surface area contributed by atoms with Crippen molar-refractivity contribution in [3.05, 3.63) is 24.3 Å². The van der Waals surface area contributed by atoms with E-state index >= 15 is 0 Å². The summed E-state index contributed by atoms with van der Waals surface area (Å²) in [6, 6.07) is 0. The Hall–Kier alpha value is -0.850. The first kappa shape index (κ1) is 12.2. The molecule has 1 fully saturated rings. The number of carbonyl (C=O) groups excluding carboxylic acids is 1. The number of carbonyl (C=O) groups is 1. The molecule has 0 saturated heterocycles. The van der Waals surface area contributed by atoms with Gasteiger partial charge in [0.2, 0.25) is 0 Å². The summed E-state index contributed by atoms with van der Waals surface area (Å²) in [6.07, 6.45) is 5.90. The monoisotopic (exact) mass is 206 g/mol. The summed E-state index contributed by atoms with van der Waals surface area (Å²) in [4.78, 5) is 10.9. The fraction of sp³-hybridized carbons (Fsp3) is 0.643. The van der Waals surface area contributed by atoms with Crippen LogP contribution in [0.4, 0.5) is 0 Å². The maximum Gasteiger partial charge on any atom is 0.152 e. The van der Waals surface area contributed by atoms with E-state index in [1.165, 1.54) is 5.57 Å². The second kappa shape index (κ2) is 4.34. The minimum absolute atomic E-state index is 0.124. The average molecular weight is 206 g/mol. The van der Waals surface area contributed by atoms with Crippen molar-refractivity contribution < 1.29 is 4.79 Å². The van der Waals surface area contributed by atoms with E-state index in [9.17, 15) is 4.79 Å². The van der Waals surface area contributed by atoms with Gasteiger partial charge in [0, 0.05) is 0 Å². The summed E-state index contributed by atoms with van der Waals surface area (Å²) < 4.78 is 0. The van der Waals surface area contributed by atoms with Gasteiger partial charge in [0.1, 0.15) is 0 Å². The fourth-order valence-electron chi connectivity index (χ4n) is 2.19. The first-order chi connectivity index (χ1) is 6.83. The van der Waals surface area contributed by atoms with Crippen LogP contribution in [0.25, 0.3) is 0 Å². The molecule has 0 aromatic carbocycles. The Kier molecular flexibility index (Phi) is 3.54. The van der Waals surface area contributed by atoms with Gasteiger partial charge in [-0.05, 0) is 43.1 Å². The van der Waals surface area contributed by atoms with Crippen molar-refractivity contribution in [2.24, 2.45) is 17.3 Å². The zero-order valence-electron chi connectivity index (χ0n) is 10.3. The molecule has 0 bridgehead atoms. The summed E-state index contributed by atoms with van der Waals surface area (Å²) in [5, 5.41) is 0. The molecule has 0 heterocycles. The van der Waals surface area contributed by atoms with Crippen LogP contribution in [-0.4, -0.2) is 5.78 Å². The Morgan fingerprint density at radius 2 is 2.13 bits per heavy atom. The first-order valence-corrected chi connectivity index (χ1v) is 5.69. The molecule has 2 unspecified atom stereocenters. The van der Waals surface area contributed by atoms with E-state index in [1.807, 2.05) is 6.08 Å². The van der Waals surface area contributed by atoms with Crippen LogP contribution in [0.1, 0.15) is 40.5 Å². The molecule has 0 aromatic rings. The highest BCUT2D eigenvalue weighted by atomic mass is 16.1. The summed E-state index contributed by atoms with van der Waals surface area (Å²) in [5.41, 5.74) is 1.63. The third kappa shape index (κ3) is 3.05. The smallest absolute Gasteiger partial charge is 0.152 e. The van der Waals surface area contributed by atoms with Gasteiger partial charge in [-0.3, -0.25) is 4.79 Å². The highest BCUT2D eigenvalue weighted by Crippen LogP contribution is 2.45. The molecule has 0 amide bonds. The van der Waals surface area contributed by atoms with E-state index in [-0.39, 0.29) is 5.78 Å². The highest BCUT2D eigenvalue weighted by molar-refractivity contribution is 5.87. The second-order valence-electron chi connectivity index (χ2n) is 5.53. The van der Waals surface area contributed by atoms with Crippen molar-refractivity contribution in [1.82, 2.24) is 0 Å². The van der Waals surface area contributed by atoms with Crippen LogP contribution in [0.3, 0.4) is 0 Å². The zero-order chi connectivity index (χ0) is 11.6. The van der Waals surface area contributed by atoms with Crippen LogP contribution in [0.15, 0.2) is 24.3 Å². The Balaban J connectivity index is 2.75. The summed E-state index contributed by atoms with van der Waals surface area (Å²) >= 11 is 0. The molecule has 0 radical (unpaired) electrons. The van der Waals surface area contributed by atoms with E-state index in [2.05, 4.69) is 27.4 Å². The lowest BCUT2D eigenvalue weighted by Gasteiger charge is -2.41. The van der Waals surface area contributed by atoms with Crippen molar-refractivity contribution in [2.75, 3.05) is 0 Å². The largest absolute Gasteiger partial charge is 0.295 e. The SMILES string of the molecule is C=C1CC(C)C(C)(C)CC1C=CC(C)=O. The molecule has 0 spiro atoms. The number of rotatable bonds is 2. The molecule has 1 rings (SSSR count). The van der Waals surface area contributed by atoms with Gasteiger partial charge in [0.25, 0.3) is 0 Å². The van der Waals surface area contributed by atoms with E-state index in [0.29, 0.717) is 17.3 Å². The number of allylic oxidation sites excluding steroid dienone is 3. The van der Waals surface area contributed by atoms with Crippen LogP contribution in [-0.2, 0) is 4.79 Å². The van der Waals surface area contributed by atoms with Gasteiger partial charge in [-0.25, -0.2) is 0 Å². The standard InChI is InChI=1S/C14H22O/c1-10-8-11(2)14(4,5)9-13(10)7-6-12(3)15/h6-7,11,13H,1,8-9H2,2-5H3. The first-order valence-electron chi connectivity index (χ1n) is 5.69. The lowest BCUT2D eigenvalue weighted by Crippen LogP contribution is -2.31. The Bertz CT molecular complexity index is 296. The lowest BCUT2D eigenvalue weighted by molar-refractivity contribution is -0.112. The minimum atomic E-state index is 0.124. The minimum Gasteiger partial charge on any atom is -0.295 e. The molecule has 1 heteroatoms. The van der Waals surface area contributed by atoms with Gasteiger partial charge < -0.3 is 0 Å². The van der Waals surface area contributed by atoms with Crippen LogP contribution in [0.2, 0.25) is 0 Å². The summed E-state index contributed by atoms with van der Waals surface area (Å²) in [5.74, 6) is 1.20. The molecule has 1 saturated carbocycles. The van der Waals surface area contributed by atoms with Crippen LogP contribution in [0, 0.1) is 17.3 Å². The van der Waals surface area contributed by atoms with Crippen LogP contribution < -0.4 is 0 Å². The Labute approximate surface area is 93.3 Å². The lowest BCUT2D eigenvalue weighted by atomic mass is 9.64. The molecule has 1 aliphatic rings. The van der Waals surface area contributed by atoms with Gasteiger partial charge in [-0.2, -0.15) is 0 Å². The summed E-state index contributed by atoms with van der Waals surface area (Å²) in [7, 11) is 0. The third-order valence-corrected chi connectivity index (χ3v) is 3.74. The molecule has 15 heavy (non-hydrogen) atoms. The molecule has 0 N–H and O–H groups in total. The highest BCUT2D eigenvalue weighted by Gasteiger charge is 2.34. The van der Waals surface area contributed by atoms with Gasteiger partial charge in [0.05, 0.1) is 0 Å². The Morgan fingerprint density at radius 1 is 1.53 bits per heavy atom. The second-order valence-corrected chi connectivity index (χ2v) is 5.53.